The van der Waals surface area contributed by atoms with Gasteiger partial charge in [-0.1, -0.05) is 22.0 Å². The van der Waals surface area contributed by atoms with Crippen molar-refractivity contribution in [1.82, 2.24) is 0 Å². The van der Waals surface area contributed by atoms with Gasteiger partial charge in [0.2, 0.25) is 0 Å². The molecule has 0 radical (unpaired) electrons. The highest BCUT2D eigenvalue weighted by Crippen LogP contribution is 2.40. The minimum absolute atomic E-state index is 0.353. The van der Waals surface area contributed by atoms with E-state index < -0.39 is 17.4 Å². The van der Waals surface area contributed by atoms with E-state index in [1.165, 1.54) is 0 Å². The second kappa shape index (κ2) is 4.38. The Morgan fingerprint density at radius 3 is 2.82 bits per heavy atom. The maximum Gasteiger partial charge on any atom is 0.306 e. The standard InChI is InChI=1S/C12H11BrN2O2/c13-9-2-1-3-10(4-9)15-12(7-14)5-8(6-12)11(16)17/h1-4,8,15H,5-6H2,(H,16,17). The molecule has 1 aromatic carbocycles. The van der Waals surface area contributed by atoms with Crippen LogP contribution in [0.3, 0.4) is 0 Å². The van der Waals surface area contributed by atoms with E-state index in [0.29, 0.717) is 12.8 Å². The molecule has 1 saturated carbocycles. The fourth-order valence-electron chi connectivity index (χ4n) is 2.02. The summed E-state index contributed by atoms with van der Waals surface area (Å²) in [4.78, 5) is 10.7. The van der Waals surface area contributed by atoms with Gasteiger partial charge in [-0.25, -0.2) is 0 Å². The van der Waals surface area contributed by atoms with Crippen LogP contribution in [0.25, 0.3) is 0 Å². The van der Waals surface area contributed by atoms with E-state index >= 15 is 0 Å². The van der Waals surface area contributed by atoms with E-state index in [9.17, 15) is 4.79 Å². The molecule has 17 heavy (non-hydrogen) atoms. The summed E-state index contributed by atoms with van der Waals surface area (Å²) in [5, 5.41) is 21.1. The number of nitriles is 1. The van der Waals surface area contributed by atoms with Crippen LogP contribution in [0.2, 0.25) is 0 Å². The van der Waals surface area contributed by atoms with Crippen LogP contribution < -0.4 is 5.32 Å². The zero-order chi connectivity index (χ0) is 12.5. The third-order valence-electron chi connectivity index (χ3n) is 2.96. The summed E-state index contributed by atoms with van der Waals surface area (Å²) in [5.74, 6) is -1.23. The molecule has 88 valence electrons. The second-order valence-corrected chi connectivity index (χ2v) is 5.19. The average molecular weight is 295 g/mol. The van der Waals surface area contributed by atoms with E-state index in [0.717, 1.165) is 10.2 Å². The largest absolute Gasteiger partial charge is 0.481 e. The number of halogens is 1. The van der Waals surface area contributed by atoms with Gasteiger partial charge in [0, 0.05) is 10.2 Å². The van der Waals surface area contributed by atoms with Crippen molar-refractivity contribution in [2.75, 3.05) is 5.32 Å². The average Bonchev–Trinajstić information content (AvgIpc) is 2.22. The van der Waals surface area contributed by atoms with Gasteiger partial charge in [0.05, 0.1) is 12.0 Å². The summed E-state index contributed by atoms with van der Waals surface area (Å²) < 4.78 is 0.921. The number of hydrogen-bond acceptors (Lipinski definition) is 3. The molecule has 4 nitrogen and oxygen atoms in total. The first-order valence-electron chi connectivity index (χ1n) is 5.22. The van der Waals surface area contributed by atoms with Crippen molar-refractivity contribution in [3.63, 3.8) is 0 Å². The number of hydrogen-bond donors (Lipinski definition) is 2. The minimum atomic E-state index is -0.827. The predicted molar refractivity (Wildman–Crippen MR) is 66.5 cm³/mol. The quantitative estimate of drug-likeness (QED) is 0.899. The number of aliphatic carboxylic acids is 1. The van der Waals surface area contributed by atoms with E-state index in [4.69, 9.17) is 10.4 Å². The Morgan fingerprint density at radius 2 is 2.29 bits per heavy atom. The zero-order valence-corrected chi connectivity index (χ0v) is 10.6. The van der Waals surface area contributed by atoms with E-state index in [2.05, 4.69) is 27.3 Å². The predicted octanol–water partition coefficient (Wildman–Crippen LogP) is 2.62. The lowest BCUT2D eigenvalue weighted by Crippen LogP contribution is -2.51. The lowest BCUT2D eigenvalue weighted by Gasteiger charge is -2.41. The summed E-state index contributed by atoms with van der Waals surface area (Å²) in [5.41, 5.74) is 0.0916. The van der Waals surface area contributed by atoms with Gasteiger partial charge in [0.25, 0.3) is 0 Å². The van der Waals surface area contributed by atoms with Crippen LogP contribution in [-0.4, -0.2) is 16.6 Å². The number of carboxylic acids is 1. The molecule has 0 atom stereocenters. The first-order valence-corrected chi connectivity index (χ1v) is 6.02. The number of nitrogens with zero attached hydrogens (tertiary/aromatic N) is 1. The highest BCUT2D eigenvalue weighted by atomic mass is 79.9. The third kappa shape index (κ3) is 2.42. The van der Waals surface area contributed by atoms with Gasteiger partial charge in [0.1, 0.15) is 5.54 Å². The lowest BCUT2D eigenvalue weighted by atomic mass is 9.69. The number of nitrogens with one attached hydrogen (secondary N) is 1. The number of benzene rings is 1. The molecule has 0 unspecified atom stereocenters. The topological polar surface area (TPSA) is 73.1 Å². The highest BCUT2D eigenvalue weighted by molar-refractivity contribution is 9.10. The highest BCUT2D eigenvalue weighted by Gasteiger charge is 2.48. The van der Waals surface area contributed by atoms with Crippen LogP contribution in [0.4, 0.5) is 5.69 Å². The Bertz CT molecular complexity index is 490. The van der Waals surface area contributed by atoms with Crippen molar-refractivity contribution >= 4 is 27.6 Å². The third-order valence-corrected chi connectivity index (χ3v) is 3.45. The van der Waals surface area contributed by atoms with E-state index in [-0.39, 0.29) is 0 Å². The Balaban J connectivity index is 2.08. The first kappa shape index (κ1) is 11.9. The monoisotopic (exact) mass is 294 g/mol. The zero-order valence-electron chi connectivity index (χ0n) is 8.98. The fraction of sp³-hybridized carbons (Fsp3) is 0.333. The SMILES string of the molecule is N#CC1(Nc2cccc(Br)c2)CC(C(=O)O)C1. The molecule has 0 aliphatic heterocycles. The van der Waals surface area contributed by atoms with Crippen molar-refractivity contribution in [3.8, 4) is 6.07 Å². The fourth-order valence-corrected chi connectivity index (χ4v) is 2.42. The lowest BCUT2D eigenvalue weighted by molar-refractivity contribution is -0.145. The summed E-state index contributed by atoms with van der Waals surface area (Å²) in [7, 11) is 0. The Morgan fingerprint density at radius 1 is 1.59 bits per heavy atom. The Kier molecular flexibility index (Phi) is 3.07. The normalized spacial score (nSPS) is 26.7. The Hall–Kier alpha value is -1.54. The van der Waals surface area contributed by atoms with Gasteiger partial charge in [-0.15, -0.1) is 0 Å². The molecule has 1 aromatic rings. The molecule has 0 heterocycles. The van der Waals surface area contributed by atoms with Crippen LogP contribution >= 0.6 is 15.9 Å². The molecule has 2 N–H and O–H groups in total. The van der Waals surface area contributed by atoms with Gasteiger partial charge in [-0.05, 0) is 31.0 Å². The van der Waals surface area contributed by atoms with Gasteiger partial charge in [-0.2, -0.15) is 5.26 Å². The summed E-state index contributed by atoms with van der Waals surface area (Å²) in [6.07, 6.45) is 0.705. The van der Waals surface area contributed by atoms with Crippen LogP contribution in [0.5, 0.6) is 0 Å². The smallest absolute Gasteiger partial charge is 0.306 e. The first-order chi connectivity index (χ1) is 8.04. The molecule has 1 aliphatic rings. The van der Waals surface area contributed by atoms with Crippen molar-refractivity contribution in [2.45, 2.75) is 18.4 Å². The van der Waals surface area contributed by atoms with E-state index in [1.807, 2.05) is 24.3 Å². The van der Waals surface area contributed by atoms with Gasteiger partial charge >= 0.3 is 5.97 Å². The van der Waals surface area contributed by atoms with Gasteiger partial charge in [0.15, 0.2) is 0 Å². The molecular formula is C12H11BrN2O2. The summed E-state index contributed by atoms with van der Waals surface area (Å²) in [6.45, 7) is 0. The maximum atomic E-state index is 10.7. The molecule has 0 saturated heterocycles. The minimum Gasteiger partial charge on any atom is -0.481 e. The molecular weight excluding hydrogens is 284 g/mol. The molecule has 0 aromatic heterocycles. The number of carboxylic acid groups (broad SMARTS) is 1. The van der Waals surface area contributed by atoms with Gasteiger partial charge < -0.3 is 10.4 Å². The van der Waals surface area contributed by atoms with Crippen molar-refractivity contribution in [3.05, 3.63) is 28.7 Å². The molecule has 2 rings (SSSR count). The number of carbonyl (C=O) groups is 1. The summed E-state index contributed by atoms with van der Waals surface area (Å²) >= 11 is 3.35. The second-order valence-electron chi connectivity index (χ2n) is 4.27. The van der Waals surface area contributed by atoms with Crippen molar-refractivity contribution in [1.29, 1.82) is 5.26 Å². The molecule has 5 heteroatoms. The Labute approximate surface area is 107 Å². The van der Waals surface area contributed by atoms with Crippen molar-refractivity contribution in [2.24, 2.45) is 5.92 Å². The molecule has 0 amide bonds. The van der Waals surface area contributed by atoms with Crippen molar-refractivity contribution < 1.29 is 9.90 Å². The molecule has 0 spiro atoms. The molecule has 0 bridgehead atoms. The maximum absolute atomic E-state index is 10.7. The van der Waals surface area contributed by atoms with Crippen LogP contribution in [0, 0.1) is 17.2 Å². The van der Waals surface area contributed by atoms with E-state index in [1.54, 1.807) is 0 Å². The molecule has 1 fully saturated rings. The summed E-state index contributed by atoms with van der Waals surface area (Å²) in [6, 6.07) is 9.67. The van der Waals surface area contributed by atoms with Crippen LogP contribution in [-0.2, 0) is 4.79 Å². The number of rotatable bonds is 3. The van der Waals surface area contributed by atoms with Crippen LogP contribution in [0.1, 0.15) is 12.8 Å². The number of anilines is 1. The molecule has 1 aliphatic carbocycles. The van der Waals surface area contributed by atoms with Crippen LogP contribution in [0.15, 0.2) is 28.7 Å². The van der Waals surface area contributed by atoms with Gasteiger partial charge in [-0.3, -0.25) is 4.79 Å².